The maximum absolute atomic E-state index is 12.7. The van der Waals surface area contributed by atoms with Gasteiger partial charge in [-0.05, 0) is 37.8 Å². The molecule has 0 spiro atoms. The van der Waals surface area contributed by atoms with Gasteiger partial charge in [-0.25, -0.2) is 0 Å². The van der Waals surface area contributed by atoms with Crippen LogP contribution in [0.4, 0.5) is 0 Å². The van der Waals surface area contributed by atoms with Crippen LogP contribution in [0.15, 0.2) is 18.2 Å². The van der Waals surface area contributed by atoms with Crippen LogP contribution in [0.1, 0.15) is 47.7 Å². The van der Waals surface area contributed by atoms with E-state index in [0.717, 1.165) is 37.1 Å². The fourth-order valence-corrected chi connectivity index (χ4v) is 2.54. The molecule has 0 aromatic heterocycles. The van der Waals surface area contributed by atoms with Crippen molar-refractivity contribution < 1.29 is 9.90 Å². The lowest BCUT2D eigenvalue weighted by Gasteiger charge is -2.30. The van der Waals surface area contributed by atoms with Crippen LogP contribution < -0.4 is 0 Å². The predicted molar refractivity (Wildman–Crippen MR) is 84.1 cm³/mol. The minimum atomic E-state index is 0.0478. The highest BCUT2D eigenvalue weighted by molar-refractivity contribution is 5.97. The molecule has 3 heteroatoms. The molecule has 0 atom stereocenters. The number of carbonyl (C=O) groups is 1. The SMILES string of the molecule is Cc1ccc(C#CCCO)c(C(=O)N2CCC(C)CC2)c1. The van der Waals surface area contributed by atoms with Gasteiger partial charge in [0.25, 0.3) is 5.91 Å². The van der Waals surface area contributed by atoms with Gasteiger partial charge in [-0.1, -0.05) is 30.4 Å². The number of aliphatic hydroxyl groups is 1. The molecule has 1 saturated heterocycles. The highest BCUT2D eigenvalue weighted by Gasteiger charge is 2.22. The van der Waals surface area contributed by atoms with Crippen LogP contribution in [0.25, 0.3) is 0 Å². The highest BCUT2D eigenvalue weighted by atomic mass is 16.2. The van der Waals surface area contributed by atoms with Gasteiger partial charge in [0.1, 0.15) is 0 Å². The number of aliphatic hydroxyl groups excluding tert-OH is 1. The first-order valence-corrected chi connectivity index (χ1v) is 7.61. The molecular weight excluding hydrogens is 262 g/mol. The summed E-state index contributed by atoms with van der Waals surface area (Å²) in [5, 5.41) is 8.82. The average molecular weight is 285 g/mol. The fourth-order valence-electron chi connectivity index (χ4n) is 2.54. The molecule has 0 bridgehead atoms. The molecule has 1 aliphatic heterocycles. The average Bonchev–Trinajstić information content (AvgIpc) is 2.49. The van der Waals surface area contributed by atoms with Crippen molar-refractivity contribution in [3.8, 4) is 11.8 Å². The first-order chi connectivity index (χ1) is 10.1. The van der Waals surface area contributed by atoms with E-state index < -0.39 is 0 Å². The second-order valence-corrected chi connectivity index (χ2v) is 5.80. The van der Waals surface area contributed by atoms with Crippen molar-refractivity contribution in [1.82, 2.24) is 4.90 Å². The Morgan fingerprint density at radius 3 is 2.76 bits per heavy atom. The molecule has 1 heterocycles. The van der Waals surface area contributed by atoms with Crippen molar-refractivity contribution in [3.63, 3.8) is 0 Å². The third-order valence-electron chi connectivity index (χ3n) is 3.94. The normalized spacial score (nSPS) is 15.5. The number of aryl methyl sites for hydroxylation is 1. The number of amides is 1. The summed E-state index contributed by atoms with van der Waals surface area (Å²) in [6.45, 7) is 5.93. The van der Waals surface area contributed by atoms with Crippen LogP contribution >= 0.6 is 0 Å². The lowest BCUT2D eigenvalue weighted by atomic mass is 9.97. The van der Waals surface area contributed by atoms with Gasteiger partial charge in [-0.15, -0.1) is 0 Å². The summed E-state index contributed by atoms with van der Waals surface area (Å²) in [5.74, 6) is 6.70. The Morgan fingerprint density at radius 1 is 1.38 bits per heavy atom. The zero-order chi connectivity index (χ0) is 15.2. The van der Waals surface area contributed by atoms with Gasteiger partial charge in [0.15, 0.2) is 0 Å². The number of hydrogen-bond acceptors (Lipinski definition) is 2. The predicted octanol–water partition coefficient (Wildman–Crippen LogP) is 2.60. The molecule has 0 radical (unpaired) electrons. The van der Waals surface area contributed by atoms with E-state index in [-0.39, 0.29) is 12.5 Å². The van der Waals surface area contributed by atoms with Crippen molar-refractivity contribution in [1.29, 1.82) is 0 Å². The minimum absolute atomic E-state index is 0.0478. The largest absolute Gasteiger partial charge is 0.395 e. The highest BCUT2D eigenvalue weighted by Crippen LogP contribution is 2.20. The van der Waals surface area contributed by atoms with Crippen molar-refractivity contribution in [2.45, 2.75) is 33.1 Å². The maximum atomic E-state index is 12.7. The molecule has 112 valence electrons. The number of likely N-dealkylation sites (tertiary alicyclic amines) is 1. The Bertz CT molecular complexity index is 560. The topological polar surface area (TPSA) is 40.5 Å². The summed E-state index contributed by atoms with van der Waals surface area (Å²) in [6, 6.07) is 5.79. The molecule has 1 N–H and O–H groups in total. The lowest BCUT2D eigenvalue weighted by Crippen LogP contribution is -2.38. The van der Waals surface area contributed by atoms with E-state index in [0.29, 0.717) is 17.9 Å². The number of carbonyl (C=O) groups excluding carboxylic acids is 1. The van der Waals surface area contributed by atoms with Crippen LogP contribution in [0.3, 0.4) is 0 Å². The Morgan fingerprint density at radius 2 is 2.10 bits per heavy atom. The monoisotopic (exact) mass is 285 g/mol. The second kappa shape index (κ2) is 7.28. The van der Waals surface area contributed by atoms with E-state index in [2.05, 4.69) is 18.8 Å². The molecular formula is C18H23NO2. The van der Waals surface area contributed by atoms with Crippen LogP contribution in [0, 0.1) is 24.7 Å². The van der Waals surface area contributed by atoms with Crippen molar-refractivity contribution in [2.24, 2.45) is 5.92 Å². The molecule has 0 aliphatic carbocycles. The molecule has 0 unspecified atom stereocenters. The molecule has 1 aromatic carbocycles. The Balaban J connectivity index is 2.23. The van der Waals surface area contributed by atoms with E-state index in [1.165, 1.54) is 0 Å². The molecule has 21 heavy (non-hydrogen) atoms. The Labute approximate surface area is 127 Å². The summed E-state index contributed by atoms with van der Waals surface area (Å²) < 4.78 is 0. The number of hydrogen-bond donors (Lipinski definition) is 1. The van der Waals surface area contributed by atoms with Crippen LogP contribution in [-0.2, 0) is 0 Å². The summed E-state index contributed by atoms with van der Waals surface area (Å²) in [7, 11) is 0. The fraction of sp³-hybridized carbons (Fsp3) is 0.500. The third kappa shape index (κ3) is 4.09. The first-order valence-electron chi connectivity index (χ1n) is 7.61. The van der Waals surface area contributed by atoms with E-state index >= 15 is 0 Å². The molecule has 0 saturated carbocycles. The molecule has 3 nitrogen and oxygen atoms in total. The van der Waals surface area contributed by atoms with Gasteiger partial charge in [0.05, 0.1) is 12.2 Å². The Hall–Kier alpha value is -1.79. The standard InChI is InChI=1S/C18H23NO2/c1-14-8-10-19(11-9-14)18(21)17-13-15(2)6-7-16(17)5-3-4-12-20/h6-7,13-14,20H,4,8-12H2,1-2H3. The van der Waals surface area contributed by atoms with Gasteiger partial charge >= 0.3 is 0 Å². The van der Waals surface area contributed by atoms with E-state index in [4.69, 9.17) is 5.11 Å². The van der Waals surface area contributed by atoms with Gasteiger partial charge in [0, 0.05) is 25.1 Å². The maximum Gasteiger partial charge on any atom is 0.255 e. The lowest BCUT2D eigenvalue weighted by molar-refractivity contribution is 0.0697. The van der Waals surface area contributed by atoms with Crippen LogP contribution in [-0.4, -0.2) is 35.6 Å². The quantitative estimate of drug-likeness (QED) is 0.849. The van der Waals surface area contributed by atoms with Gasteiger partial charge in [0.2, 0.25) is 0 Å². The van der Waals surface area contributed by atoms with Crippen LogP contribution in [0.5, 0.6) is 0 Å². The second-order valence-electron chi connectivity index (χ2n) is 5.80. The Kier molecular flexibility index (Phi) is 5.41. The van der Waals surface area contributed by atoms with Gasteiger partial charge < -0.3 is 10.0 Å². The molecule has 1 amide bonds. The smallest absolute Gasteiger partial charge is 0.255 e. The first kappa shape index (κ1) is 15.6. The summed E-state index contributed by atoms with van der Waals surface area (Å²) in [5.41, 5.74) is 2.52. The van der Waals surface area contributed by atoms with E-state index in [9.17, 15) is 4.79 Å². The van der Waals surface area contributed by atoms with Crippen LogP contribution in [0.2, 0.25) is 0 Å². The summed E-state index contributed by atoms with van der Waals surface area (Å²) >= 11 is 0. The number of rotatable bonds is 2. The molecule has 1 aromatic rings. The third-order valence-corrected chi connectivity index (χ3v) is 3.94. The zero-order valence-electron chi connectivity index (χ0n) is 12.9. The number of nitrogens with zero attached hydrogens (tertiary/aromatic N) is 1. The summed E-state index contributed by atoms with van der Waals surface area (Å²) in [4.78, 5) is 14.7. The van der Waals surface area contributed by atoms with Gasteiger partial charge in [-0.3, -0.25) is 4.79 Å². The van der Waals surface area contributed by atoms with E-state index in [1.807, 2.05) is 30.0 Å². The van der Waals surface area contributed by atoms with E-state index in [1.54, 1.807) is 0 Å². The minimum Gasteiger partial charge on any atom is -0.395 e. The number of benzene rings is 1. The zero-order valence-corrected chi connectivity index (χ0v) is 12.9. The molecule has 1 aliphatic rings. The number of piperidine rings is 1. The van der Waals surface area contributed by atoms with Crippen molar-refractivity contribution >= 4 is 5.91 Å². The summed E-state index contributed by atoms with van der Waals surface area (Å²) in [6.07, 6.45) is 2.58. The molecule has 2 rings (SSSR count). The van der Waals surface area contributed by atoms with Crippen molar-refractivity contribution in [2.75, 3.05) is 19.7 Å². The van der Waals surface area contributed by atoms with Gasteiger partial charge in [-0.2, -0.15) is 0 Å². The van der Waals surface area contributed by atoms with Crippen molar-refractivity contribution in [3.05, 3.63) is 34.9 Å². The molecule has 1 fully saturated rings.